The molecule has 26 heavy (non-hydrogen) atoms. The van der Waals surface area contributed by atoms with E-state index in [1.54, 1.807) is 6.20 Å². The molecule has 1 aromatic rings. The van der Waals surface area contributed by atoms with E-state index in [1.807, 2.05) is 37.8 Å². The number of nitrogens with zero attached hydrogens (tertiary/aromatic N) is 2. The summed E-state index contributed by atoms with van der Waals surface area (Å²) < 4.78 is 0. The van der Waals surface area contributed by atoms with Crippen molar-refractivity contribution in [2.24, 2.45) is 5.92 Å². The average Bonchev–Trinajstić information content (AvgIpc) is 2.53. The van der Waals surface area contributed by atoms with E-state index in [0.29, 0.717) is 6.42 Å². The summed E-state index contributed by atoms with van der Waals surface area (Å²) in [5.74, 6) is -0.0379. The van der Waals surface area contributed by atoms with Gasteiger partial charge in [0.05, 0.1) is 12.0 Å². The molecule has 2 rings (SSSR count). The number of carbonyl (C=O) groups is 2. The molecule has 1 fully saturated rings. The zero-order valence-electron chi connectivity index (χ0n) is 15.7. The van der Waals surface area contributed by atoms with Crippen LogP contribution in [0.1, 0.15) is 45.1 Å². The molecule has 0 aliphatic carbocycles. The summed E-state index contributed by atoms with van der Waals surface area (Å²) in [4.78, 5) is 30.8. The van der Waals surface area contributed by atoms with Gasteiger partial charge in [-0.25, -0.2) is 4.98 Å². The van der Waals surface area contributed by atoms with Crippen molar-refractivity contribution >= 4 is 24.6 Å². The second-order valence-electron chi connectivity index (χ2n) is 7.38. The van der Waals surface area contributed by atoms with Crippen LogP contribution in [-0.2, 0) is 9.59 Å². The van der Waals surface area contributed by atoms with Crippen LogP contribution in [-0.4, -0.2) is 52.4 Å². The minimum atomic E-state index is -1.60. The Kier molecular flexibility index (Phi) is 7.17. The van der Waals surface area contributed by atoms with Crippen LogP contribution < -0.4 is 10.2 Å². The molecule has 142 valence electrons. The van der Waals surface area contributed by atoms with Crippen molar-refractivity contribution in [3.8, 4) is 0 Å². The summed E-state index contributed by atoms with van der Waals surface area (Å²) in [7, 11) is -1.60. The van der Waals surface area contributed by atoms with Gasteiger partial charge in [-0.3, -0.25) is 9.59 Å². The first-order valence-electron chi connectivity index (χ1n) is 9.15. The fourth-order valence-electron chi connectivity index (χ4n) is 3.07. The number of aryl methyl sites for hydroxylation is 1. The maximum Gasteiger partial charge on any atom is 0.475 e. The highest BCUT2D eigenvalue weighted by Gasteiger charge is 2.35. The molecule has 0 aromatic carbocycles. The summed E-state index contributed by atoms with van der Waals surface area (Å²) in [6.07, 6.45) is 3.19. The number of aromatic nitrogens is 1. The number of rotatable bonds is 9. The van der Waals surface area contributed by atoms with Gasteiger partial charge in [0.25, 0.3) is 0 Å². The van der Waals surface area contributed by atoms with Gasteiger partial charge >= 0.3 is 7.12 Å². The normalized spacial score (nSPS) is 17.6. The van der Waals surface area contributed by atoms with E-state index in [-0.39, 0.29) is 36.5 Å². The molecule has 8 heteroatoms. The fraction of sp³-hybridized carbons (Fsp3) is 0.611. The molecule has 1 unspecified atom stereocenters. The third-order valence-electron chi connectivity index (χ3n) is 4.61. The number of anilines is 1. The van der Waals surface area contributed by atoms with Gasteiger partial charge in [-0.15, -0.1) is 0 Å². The van der Waals surface area contributed by atoms with Gasteiger partial charge in [-0.2, -0.15) is 0 Å². The lowest BCUT2D eigenvalue weighted by molar-refractivity contribution is -0.126. The van der Waals surface area contributed by atoms with Gasteiger partial charge < -0.3 is 20.3 Å². The third-order valence-corrected chi connectivity index (χ3v) is 4.61. The van der Waals surface area contributed by atoms with Crippen LogP contribution in [0.3, 0.4) is 0 Å². The van der Waals surface area contributed by atoms with Gasteiger partial charge in [0, 0.05) is 25.6 Å². The van der Waals surface area contributed by atoms with Crippen molar-refractivity contribution in [3.63, 3.8) is 0 Å². The quantitative estimate of drug-likeness (QED) is 0.564. The number of Topliss-reactive ketones (excluding diaryl/α,β-unsaturated/α-hetero) is 1. The summed E-state index contributed by atoms with van der Waals surface area (Å²) in [6, 6.07) is 3.64. The molecule has 0 radical (unpaired) electrons. The van der Waals surface area contributed by atoms with E-state index in [2.05, 4.69) is 10.3 Å². The summed E-state index contributed by atoms with van der Waals surface area (Å²) in [6.45, 7) is 6.63. The van der Waals surface area contributed by atoms with Gasteiger partial charge in [-0.05, 0) is 37.3 Å². The second kappa shape index (κ2) is 9.14. The smallest absolute Gasteiger partial charge is 0.426 e. The first-order valence-corrected chi connectivity index (χ1v) is 9.15. The Labute approximate surface area is 155 Å². The Morgan fingerprint density at radius 1 is 1.35 bits per heavy atom. The van der Waals surface area contributed by atoms with Gasteiger partial charge in [0.1, 0.15) is 5.82 Å². The molecule has 1 aromatic heterocycles. The SMILES string of the molecule is Cc1ccc(N2CC[C@H]2C(=O)CCC(=O)NC(CC(C)C)B(O)O)nc1. The summed E-state index contributed by atoms with van der Waals surface area (Å²) in [5.41, 5.74) is 1.07. The number of amides is 1. The predicted octanol–water partition coefficient (Wildman–Crippen LogP) is 0.861. The minimum absolute atomic E-state index is 0.0127. The maximum atomic E-state index is 12.4. The Bertz CT molecular complexity index is 621. The van der Waals surface area contributed by atoms with Crippen molar-refractivity contribution < 1.29 is 19.6 Å². The predicted molar refractivity (Wildman–Crippen MR) is 101 cm³/mol. The highest BCUT2D eigenvalue weighted by Crippen LogP contribution is 2.26. The Hall–Kier alpha value is -1.93. The van der Waals surface area contributed by atoms with Crippen molar-refractivity contribution in [1.82, 2.24) is 10.3 Å². The van der Waals surface area contributed by atoms with Crippen molar-refractivity contribution in [3.05, 3.63) is 23.9 Å². The summed E-state index contributed by atoms with van der Waals surface area (Å²) in [5, 5.41) is 21.3. The minimum Gasteiger partial charge on any atom is -0.426 e. The molecule has 3 N–H and O–H groups in total. The van der Waals surface area contributed by atoms with E-state index < -0.39 is 13.1 Å². The summed E-state index contributed by atoms with van der Waals surface area (Å²) >= 11 is 0. The third kappa shape index (κ3) is 5.54. The van der Waals surface area contributed by atoms with Crippen LogP contribution in [0.2, 0.25) is 0 Å². The first kappa shape index (κ1) is 20.4. The van der Waals surface area contributed by atoms with Crippen LogP contribution in [0.4, 0.5) is 5.82 Å². The molecule has 2 heterocycles. The zero-order chi connectivity index (χ0) is 19.3. The Balaban J connectivity index is 1.82. The average molecular weight is 361 g/mol. The zero-order valence-corrected chi connectivity index (χ0v) is 15.7. The molecule has 1 saturated heterocycles. The van der Waals surface area contributed by atoms with E-state index in [9.17, 15) is 19.6 Å². The Morgan fingerprint density at radius 3 is 2.58 bits per heavy atom. The van der Waals surface area contributed by atoms with Crippen LogP contribution in [0.15, 0.2) is 18.3 Å². The lowest BCUT2D eigenvalue weighted by Gasteiger charge is -2.40. The molecule has 0 saturated carbocycles. The molecule has 1 aliphatic heterocycles. The Morgan fingerprint density at radius 2 is 2.08 bits per heavy atom. The van der Waals surface area contributed by atoms with E-state index in [4.69, 9.17) is 0 Å². The van der Waals surface area contributed by atoms with Crippen LogP contribution >= 0.6 is 0 Å². The molecule has 0 bridgehead atoms. The van der Waals surface area contributed by atoms with Crippen LogP contribution in [0, 0.1) is 12.8 Å². The molecule has 1 aliphatic rings. The number of ketones is 1. The highest BCUT2D eigenvalue weighted by molar-refractivity contribution is 6.43. The molecule has 2 atom stereocenters. The molecule has 7 nitrogen and oxygen atoms in total. The van der Waals surface area contributed by atoms with E-state index in [0.717, 1.165) is 24.3 Å². The maximum absolute atomic E-state index is 12.4. The van der Waals surface area contributed by atoms with Gasteiger partial charge in [0.15, 0.2) is 5.78 Å². The highest BCUT2D eigenvalue weighted by atomic mass is 16.4. The second-order valence-corrected chi connectivity index (χ2v) is 7.38. The number of hydrogen-bond donors (Lipinski definition) is 3. The van der Waals surface area contributed by atoms with Crippen molar-refractivity contribution in [2.75, 3.05) is 11.4 Å². The van der Waals surface area contributed by atoms with Crippen molar-refractivity contribution in [2.45, 2.75) is 58.4 Å². The molecule has 0 spiro atoms. The monoisotopic (exact) mass is 361 g/mol. The van der Waals surface area contributed by atoms with Gasteiger partial charge in [-0.1, -0.05) is 19.9 Å². The topological polar surface area (TPSA) is 103 Å². The molecule has 1 amide bonds. The number of nitrogens with one attached hydrogen (secondary N) is 1. The number of pyridine rings is 1. The van der Waals surface area contributed by atoms with E-state index >= 15 is 0 Å². The van der Waals surface area contributed by atoms with E-state index in [1.165, 1.54) is 0 Å². The first-order chi connectivity index (χ1) is 12.3. The lowest BCUT2D eigenvalue weighted by atomic mass is 9.75. The molecular formula is C18H28BN3O4. The van der Waals surface area contributed by atoms with Gasteiger partial charge in [0.2, 0.25) is 5.91 Å². The van der Waals surface area contributed by atoms with Crippen LogP contribution in [0.25, 0.3) is 0 Å². The fourth-order valence-corrected chi connectivity index (χ4v) is 3.07. The number of carbonyl (C=O) groups excluding carboxylic acids is 2. The van der Waals surface area contributed by atoms with Crippen LogP contribution in [0.5, 0.6) is 0 Å². The standard InChI is InChI=1S/C18H28BN3O4/c1-12(2)10-16(19(25)26)21-18(24)7-5-15(23)14-8-9-22(14)17-6-4-13(3)11-20-17/h4,6,11-12,14,16,25-26H,5,7-10H2,1-3H3,(H,21,24)/t14-,16?/m0/s1. The molecular weight excluding hydrogens is 333 g/mol. The van der Waals surface area contributed by atoms with Crippen molar-refractivity contribution in [1.29, 1.82) is 0 Å². The lowest BCUT2D eigenvalue weighted by Crippen LogP contribution is -2.53. The number of hydrogen-bond acceptors (Lipinski definition) is 6. The largest absolute Gasteiger partial charge is 0.475 e.